The Kier molecular flexibility index (Phi) is 7.40. The average Bonchev–Trinajstić information content (AvgIpc) is 2.90. The van der Waals surface area contributed by atoms with Crippen molar-refractivity contribution in [1.29, 1.82) is 0 Å². The lowest BCUT2D eigenvalue weighted by Crippen LogP contribution is -2.49. The Hall–Kier alpha value is -4.20. The highest BCUT2D eigenvalue weighted by Crippen LogP contribution is 2.34. The number of ether oxygens (including phenoxy) is 3. The molecular weight excluding hydrogens is 446 g/mol. The van der Waals surface area contributed by atoms with Crippen LogP contribution in [0.2, 0.25) is 0 Å². The van der Waals surface area contributed by atoms with Crippen molar-refractivity contribution in [2.75, 3.05) is 44.6 Å². The Morgan fingerprint density at radius 2 is 1.51 bits per heavy atom. The summed E-state index contributed by atoms with van der Waals surface area (Å²) in [6, 6.07) is 19.7. The van der Waals surface area contributed by atoms with Crippen molar-refractivity contribution in [1.82, 2.24) is 4.90 Å². The molecule has 1 heterocycles. The van der Waals surface area contributed by atoms with E-state index in [0.717, 1.165) is 17.7 Å². The second-order valence-corrected chi connectivity index (χ2v) is 8.13. The number of methoxy groups -OCH3 is 3. The third-order valence-electron chi connectivity index (χ3n) is 5.92. The van der Waals surface area contributed by atoms with Crippen LogP contribution in [0.4, 0.5) is 16.2 Å². The zero-order valence-electron chi connectivity index (χ0n) is 20.1. The maximum absolute atomic E-state index is 13.4. The third kappa shape index (κ3) is 5.48. The molecule has 0 aliphatic carbocycles. The van der Waals surface area contributed by atoms with Gasteiger partial charge in [0.15, 0.2) is 0 Å². The highest BCUT2D eigenvalue weighted by Gasteiger charge is 2.29. The second kappa shape index (κ2) is 10.8. The summed E-state index contributed by atoms with van der Waals surface area (Å²) >= 11 is 0. The fraction of sp³-hybridized carbons (Fsp3) is 0.259. The van der Waals surface area contributed by atoms with Gasteiger partial charge in [0.1, 0.15) is 17.2 Å². The molecule has 3 aromatic rings. The monoisotopic (exact) mass is 475 g/mol. The summed E-state index contributed by atoms with van der Waals surface area (Å²) in [4.78, 5) is 29.7. The molecule has 3 aromatic carbocycles. The molecule has 8 nitrogen and oxygen atoms in total. The molecule has 0 unspecified atom stereocenters. The van der Waals surface area contributed by atoms with Crippen molar-refractivity contribution in [2.24, 2.45) is 0 Å². The lowest BCUT2D eigenvalue weighted by Gasteiger charge is -2.36. The first-order valence-corrected chi connectivity index (χ1v) is 11.3. The van der Waals surface area contributed by atoms with E-state index in [-0.39, 0.29) is 11.9 Å². The number of carbonyl (C=O) groups is 2. The summed E-state index contributed by atoms with van der Waals surface area (Å²) in [5.74, 6) is 1.76. The first kappa shape index (κ1) is 23.9. The smallest absolute Gasteiger partial charge is 0.324 e. The number of nitrogens with zero attached hydrogens (tertiary/aromatic N) is 2. The van der Waals surface area contributed by atoms with Gasteiger partial charge in [-0.15, -0.1) is 0 Å². The average molecular weight is 476 g/mol. The molecule has 1 fully saturated rings. The van der Waals surface area contributed by atoms with Crippen molar-refractivity contribution >= 4 is 23.3 Å². The molecule has 1 N–H and O–H groups in total. The van der Waals surface area contributed by atoms with E-state index in [1.807, 2.05) is 29.2 Å². The molecule has 1 aliphatic heterocycles. The molecular formula is C27H29N3O5. The quantitative estimate of drug-likeness (QED) is 0.506. The summed E-state index contributed by atoms with van der Waals surface area (Å²) in [6.07, 6.45) is 0.813. The van der Waals surface area contributed by atoms with Crippen LogP contribution in [0, 0.1) is 0 Å². The largest absolute Gasteiger partial charge is 0.497 e. The molecule has 3 amide bonds. The van der Waals surface area contributed by atoms with Gasteiger partial charge < -0.3 is 24.4 Å². The normalized spacial score (nSPS) is 13.4. The molecule has 8 heteroatoms. The number of hydrogen-bond donors (Lipinski definition) is 1. The highest BCUT2D eigenvalue weighted by molar-refractivity contribution is 6.05. The molecule has 0 radical (unpaired) electrons. The van der Waals surface area contributed by atoms with Gasteiger partial charge in [-0.2, -0.15) is 0 Å². The topological polar surface area (TPSA) is 80.3 Å². The molecule has 4 rings (SSSR count). The maximum Gasteiger partial charge on any atom is 0.324 e. The van der Waals surface area contributed by atoms with Crippen LogP contribution < -0.4 is 24.4 Å². The Labute approximate surface area is 205 Å². The van der Waals surface area contributed by atoms with Crippen molar-refractivity contribution in [2.45, 2.75) is 13.0 Å². The molecule has 0 atom stereocenters. The third-order valence-corrected chi connectivity index (χ3v) is 5.92. The van der Waals surface area contributed by atoms with Gasteiger partial charge in [0.2, 0.25) is 0 Å². The number of hydrogen-bond acceptors (Lipinski definition) is 5. The summed E-state index contributed by atoms with van der Waals surface area (Å²) < 4.78 is 15.9. The van der Waals surface area contributed by atoms with Crippen LogP contribution in [-0.4, -0.2) is 51.3 Å². The Bertz CT molecular complexity index is 1180. The fourth-order valence-corrected chi connectivity index (χ4v) is 4.03. The predicted octanol–water partition coefficient (Wildman–Crippen LogP) is 4.80. The van der Waals surface area contributed by atoms with Crippen LogP contribution >= 0.6 is 0 Å². The van der Waals surface area contributed by atoms with E-state index in [0.29, 0.717) is 48.1 Å². The summed E-state index contributed by atoms with van der Waals surface area (Å²) in [5.41, 5.74) is 2.71. The summed E-state index contributed by atoms with van der Waals surface area (Å²) in [5, 5.41) is 2.90. The van der Waals surface area contributed by atoms with Crippen LogP contribution in [0.15, 0.2) is 66.7 Å². The van der Waals surface area contributed by atoms with Crippen molar-refractivity contribution < 1.29 is 23.8 Å². The van der Waals surface area contributed by atoms with Crippen LogP contribution in [0.3, 0.4) is 0 Å². The van der Waals surface area contributed by atoms with Gasteiger partial charge in [-0.25, -0.2) is 4.79 Å². The van der Waals surface area contributed by atoms with Gasteiger partial charge in [-0.3, -0.25) is 9.69 Å². The Balaban J connectivity index is 1.52. The van der Waals surface area contributed by atoms with Crippen LogP contribution in [0.1, 0.15) is 22.3 Å². The minimum Gasteiger partial charge on any atom is -0.497 e. The van der Waals surface area contributed by atoms with E-state index in [1.54, 1.807) is 68.7 Å². The number of anilines is 2. The summed E-state index contributed by atoms with van der Waals surface area (Å²) in [7, 11) is 4.77. The second-order valence-electron chi connectivity index (χ2n) is 8.13. The van der Waals surface area contributed by atoms with Gasteiger partial charge in [0.25, 0.3) is 5.91 Å². The number of amides is 3. The van der Waals surface area contributed by atoms with E-state index < -0.39 is 0 Å². The lowest BCUT2D eigenvalue weighted by molar-refractivity contribution is 0.102. The number of nitrogens with one attached hydrogen (secondary N) is 1. The minimum atomic E-state index is -0.255. The van der Waals surface area contributed by atoms with Gasteiger partial charge in [0, 0.05) is 30.9 Å². The van der Waals surface area contributed by atoms with Gasteiger partial charge >= 0.3 is 6.03 Å². The highest BCUT2D eigenvalue weighted by atomic mass is 16.5. The molecule has 0 aromatic heterocycles. The Morgan fingerprint density at radius 1 is 0.857 bits per heavy atom. The molecule has 182 valence electrons. The van der Waals surface area contributed by atoms with Crippen LogP contribution in [0.5, 0.6) is 17.2 Å². The van der Waals surface area contributed by atoms with Crippen LogP contribution in [0.25, 0.3) is 0 Å². The first-order chi connectivity index (χ1) is 17.0. The number of rotatable bonds is 8. The number of urea groups is 1. The molecule has 0 saturated carbocycles. The first-order valence-electron chi connectivity index (χ1n) is 11.3. The van der Waals surface area contributed by atoms with Gasteiger partial charge in [0.05, 0.1) is 27.0 Å². The van der Waals surface area contributed by atoms with E-state index >= 15 is 0 Å². The van der Waals surface area contributed by atoms with Crippen molar-refractivity contribution in [3.8, 4) is 17.2 Å². The zero-order chi connectivity index (χ0) is 24.8. The molecule has 0 spiro atoms. The number of carbonyl (C=O) groups excluding carboxylic acids is 2. The van der Waals surface area contributed by atoms with Crippen molar-refractivity contribution in [3.05, 3.63) is 77.9 Å². The summed E-state index contributed by atoms with van der Waals surface area (Å²) in [6.45, 7) is 1.72. The minimum absolute atomic E-state index is 0.107. The van der Waals surface area contributed by atoms with E-state index in [2.05, 4.69) is 5.32 Å². The van der Waals surface area contributed by atoms with Gasteiger partial charge in [-0.05, 0) is 66.6 Å². The number of benzene rings is 3. The van der Waals surface area contributed by atoms with E-state index in [9.17, 15) is 9.59 Å². The molecule has 0 bridgehead atoms. The molecule has 1 saturated heterocycles. The lowest BCUT2D eigenvalue weighted by atomic mass is 10.1. The predicted molar refractivity (Wildman–Crippen MR) is 135 cm³/mol. The van der Waals surface area contributed by atoms with E-state index in [1.165, 1.54) is 0 Å². The van der Waals surface area contributed by atoms with E-state index in [4.69, 9.17) is 14.2 Å². The van der Waals surface area contributed by atoms with Crippen molar-refractivity contribution in [3.63, 3.8) is 0 Å². The van der Waals surface area contributed by atoms with Crippen LogP contribution in [-0.2, 0) is 6.54 Å². The SMILES string of the molecule is COc1ccc(CN2CCCN(c3cc(NC(=O)c4ccc(OC)cc4)ccc3OC)C2=O)cc1. The molecule has 1 aliphatic rings. The fourth-order valence-electron chi connectivity index (χ4n) is 4.03. The van der Waals surface area contributed by atoms with Gasteiger partial charge in [-0.1, -0.05) is 12.1 Å². The standard InChI is InChI=1S/C27H29N3O5/c1-33-22-10-5-19(6-11-22)18-29-15-4-16-30(27(29)32)24-17-21(9-14-25(24)35-3)28-26(31)20-7-12-23(34-2)13-8-20/h5-14,17H,4,15-16,18H2,1-3H3,(H,28,31). The zero-order valence-corrected chi connectivity index (χ0v) is 20.1. The molecule has 35 heavy (non-hydrogen) atoms. The Morgan fingerprint density at radius 3 is 2.14 bits per heavy atom. The maximum atomic E-state index is 13.4.